The summed E-state index contributed by atoms with van der Waals surface area (Å²) in [5.41, 5.74) is 2.09. The zero-order chi connectivity index (χ0) is 18.4. The lowest BCUT2D eigenvalue weighted by Gasteiger charge is -2.30. The molecule has 0 bridgehead atoms. The lowest BCUT2D eigenvalue weighted by atomic mass is 10.2. The van der Waals surface area contributed by atoms with E-state index in [9.17, 15) is 0 Å². The van der Waals surface area contributed by atoms with E-state index in [0.717, 1.165) is 41.8 Å². The molecule has 1 saturated heterocycles. The van der Waals surface area contributed by atoms with Crippen LogP contribution in [0.1, 0.15) is 11.1 Å². The summed E-state index contributed by atoms with van der Waals surface area (Å²) in [4.78, 5) is 2.31. The standard InChI is InChI=1S/C20H24BrN3O2/c1-23-8-10-24(11-9-23)22-14-17-12-18(21)20(19(13-17)25-2)26-15-16-6-4-3-5-7-16/h3-7,12-14H,8-11,15H2,1-2H3/b22-14-. The van der Waals surface area contributed by atoms with Crippen molar-refractivity contribution in [2.24, 2.45) is 5.10 Å². The van der Waals surface area contributed by atoms with Crippen molar-refractivity contribution in [2.45, 2.75) is 6.61 Å². The molecule has 0 radical (unpaired) electrons. The highest BCUT2D eigenvalue weighted by Gasteiger charge is 2.13. The Labute approximate surface area is 163 Å². The van der Waals surface area contributed by atoms with Gasteiger partial charge in [0, 0.05) is 26.2 Å². The topological polar surface area (TPSA) is 37.3 Å². The first-order valence-electron chi connectivity index (χ1n) is 8.67. The molecular weight excluding hydrogens is 394 g/mol. The summed E-state index contributed by atoms with van der Waals surface area (Å²) in [6, 6.07) is 14.0. The van der Waals surface area contributed by atoms with Crippen LogP contribution >= 0.6 is 15.9 Å². The molecule has 1 fully saturated rings. The van der Waals surface area contributed by atoms with Crippen LogP contribution in [-0.4, -0.2) is 56.5 Å². The zero-order valence-electron chi connectivity index (χ0n) is 15.2. The Bertz CT molecular complexity index is 744. The molecule has 1 heterocycles. The minimum Gasteiger partial charge on any atom is -0.493 e. The Balaban J connectivity index is 1.70. The fraction of sp³-hybridized carbons (Fsp3) is 0.350. The molecule has 6 heteroatoms. The van der Waals surface area contributed by atoms with Gasteiger partial charge in [-0.15, -0.1) is 0 Å². The van der Waals surface area contributed by atoms with Gasteiger partial charge in [0.1, 0.15) is 6.61 Å². The van der Waals surface area contributed by atoms with Crippen LogP contribution < -0.4 is 9.47 Å². The first-order valence-corrected chi connectivity index (χ1v) is 9.47. The monoisotopic (exact) mass is 417 g/mol. The highest BCUT2D eigenvalue weighted by Crippen LogP contribution is 2.36. The molecule has 138 valence electrons. The second-order valence-electron chi connectivity index (χ2n) is 6.31. The smallest absolute Gasteiger partial charge is 0.175 e. The maximum atomic E-state index is 5.97. The third kappa shape index (κ3) is 4.99. The van der Waals surface area contributed by atoms with Gasteiger partial charge in [0.15, 0.2) is 11.5 Å². The molecule has 26 heavy (non-hydrogen) atoms. The number of hydrogen-bond acceptors (Lipinski definition) is 5. The number of ether oxygens (including phenoxy) is 2. The summed E-state index contributed by atoms with van der Waals surface area (Å²) < 4.78 is 12.4. The second-order valence-corrected chi connectivity index (χ2v) is 7.16. The van der Waals surface area contributed by atoms with Gasteiger partial charge in [0.05, 0.1) is 17.8 Å². The number of rotatable bonds is 6. The van der Waals surface area contributed by atoms with Gasteiger partial charge in [0.25, 0.3) is 0 Å². The van der Waals surface area contributed by atoms with E-state index in [1.807, 2.05) is 48.7 Å². The SMILES string of the molecule is COc1cc(/C=N\N2CCN(C)CC2)cc(Br)c1OCc1ccccc1. The van der Waals surface area contributed by atoms with Crippen LogP contribution in [0.2, 0.25) is 0 Å². The van der Waals surface area contributed by atoms with Crippen LogP contribution in [0.25, 0.3) is 0 Å². The Morgan fingerprint density at radius 2 is 1.85 bits per heavy atom. The summed E-state index contributed by atoms with van der Waals surface area (Å²) in [5.74, 6) is 1.39. The van der Waals surface area contributed by atoms with Crippen molar-refractivity contribution < 1.29 is 9.47 Å². The molecule has 1 aliphatic heterocycles. The molecule has 2 aromatic rings. The Hall–Kier alpha value is -2.05. The molecule has 0 unspecified atom stereocenters. The van der Waals surface area contributed by atoms with Gasteiger partial charge in [-0.1, -0.05) is 30.3 Å². The quantitative estimate of drug-likeness (QED) is 0.672. The predicted octanol–water partition coefficient (Wildman–Crippen LogP) is 3.62. The van der Waals surface area contributed by atoms with Crippen molar-refractivity contribution in [3.05, 3.63) is 58.1 Å². The summed E-state index contributed by atoms with van der Waals surface area (Å²) >= 11 is 3.60. The van der Waals surface area contributed by atoms with E-state index < -0.39 is 0 Å². The number of piperazine rings is 1. The summed E-state index contributed by atoms with van der Waals surface area (Å²) in [7, 11) is 3.79. The number of methoxy groups -OCH3 is 1. The Kier molecular flexibility index (Phi) is 6.52. The molecule has 0 atom stereocenters. The first kappa shape index (κ1) is 18.7. The minimum atomic E-state index is 0.491. The van der Waals surface area contributed by atoms with Crippen LogP contribution in [0.3, 0.4) is 0 Å². The number of likely N-dealkylation sites (N-methyl/N-ethyl adjacent to an activating group) is 1. The molecule has 3 rings (SSSR count). The van der Waals surface area contributed by atoms with Crippen LogP contribution in [0.5, 0.6) is 11.5 Å². The van der Waals surface area contributed by atoms with Gasteiger partial charge >= 0.3 is 0 Å². The number of nitrogens with zero attached hydrogens (tertiary/aromatic N) is 3. The van der Waals surface area contributed by atoms with Crippen molar-refractivity contribution in [1.82, 2.24) is 9.91 Å². The molecule has 0 amide bonds. The highest BCUT2D eigenvalue weighted by atomic mass is 79.9. The van der Waals surface area contributed by atoms with Gasteiger partial charge in [0.2, 0.25) is 0 Å². The normalized spacial score (nSPS) is 15.4. The van der Waals surface area contributed by atoms with Crippen molar-refractivity contribution in [3.8, 4) is 11.5 Å². The lowest BCUT2D eigenvalue weighted by Crippen LogP contribution is -2.41. The number of benzene rings is 2. The maximum Gasteiger partial charge on any atom is 0.175 e. The second kappa shape index (κ2) is 9.05. The van der Waals surface area contributed by atoms with Crippen molar-refractivity contribution in [3.63, 3.8) is 0 Å². The maximum absolute atomic E-state index is 5.97. The molecular formula is C20H24BrN3O2. The molecule has 0 aromatic heterocycles. The zero-order valence-corrected chi connectivity index (χ0v) is 16.8. The molecule has 0 saturated carbocycles. The van der Waals surface area contributed by atoms with Crippen LogP contribution in [0, 0.1) is 0 Å². The molecule has 1 aliphatic rings. The summed E-state index contributed by atoms with van der Waals surface area (Å²) in [6.45, 7) is 4.46. The minimum absolute atomic E-state index is 0.491. The van der Waals surface area contributed by atoms with E-state index in [4.69, 9.17) is 9.47 Å². The van der Waals surface area contributed by atoms with Gasteiger partial charge < -0.3 is 14.4 Å². The predicted molar refractivity (Wildman–Crippen MR) is 108 cm³/mol. The third-order valence-corrected chi connectivity index (χ3v) is 4.92. The van der Waals surface area contributed by atoms with Crippen molar-refractivity contribution in [1.29, 1.82) is 0 Å². The average molecular weight is 418 g/mol. The highest BCUT2D eigenvalue weighted by molar-refractivity contribution is 9.10. The number of hydrazone groups is 1. The van der Waals surface area contributed by atoms with E-state index >= 15 is 0 Å². The van der Waals surface area contributed by atoms with E-state index in [1.165, 1.54) is 0 Å². The van der Waals surface area contributed by atoms with Crippen molar-refractivity contribution >= 4 is 22.1 Å². The van der Waals surface area contributed by atoms with Crippen LogP contribution in [0.4, 0.5) is 0 Å². The first-order chi connectivity index (χ1) is 12.7. The van der Waals surface area contributed by atoms with Gasteiger partial charge in [-0.3, -0.25) is 5.01 Å². The molecule has 0 N–H and O–H groups in total. The fourth-order valence-electron chi connectivity index (χ4n) is 2.74. The third-order valence-electron chi connectivity index (χ3n) is 4.33. The fourth-order valence-corrected chi connectivity index (χ4v) is 3.32. The van der Waals surface area contributed by atoms with Gasteiger partial charge in [-0.2, -0.15) is 5.10 Å². The Morgan fingerprint density at radius 1 is 1.12 bits per heavy atom. The largest absolute Gasteiger partial charge is 0.493 e. The van der Waals surface area contributed by atoms with E-state index in [2.05, 4.69) is 38.0 Å². The van der Waals surface area contributed by atoms with Crippen molar-refractivity contribution in [2.75, 3.05) is 40.3 Å². The van der Waals surface area contributed by atoms with Gasteiger partial charge in [-0.05, 0) is 46.2 Å². The molecule has 5 nitrogen and oxygen atoms in total. The van der Waals surface area contributed by atoms with Crippen LogP contribution in [-0.2, 0) is 6.61 Å². The average Bonchev–Trinajstić information content (AvgIpc) is 2.67. The van der Waals surface area contributed by atoms with Gasteiger partial charge in [-0.25, -0.2) is 0 Å². The molecule has 0 spiro atoms. The number of halogens is 1. The molecule has 0 aliphatic carbocycles. The van der Waals surface area contributed by atoms with Crippen LogP contribution in [0.15, 0.2) is 52.0 Å². The number of hydrogen-bond donors (Lipinski definition) is 0. The lowest BCUT2D eigenvalue weighted by molar-refractivity contribution is 0.159. The summed E-state index contributed by atoms with van der Waals surface area (Å²) in [5, 5.41) is 6.69. The van der Waals surface area contributed by atoms with E-state index in [1.54, 1.807) is 7.11 Å². The molecule has 2 aromatic carbocycles. The summed E-state index contributed by atoms with van der Waals surface area (Å²) in [6.07, 6.45) is 1.87. The van der Waals surface area contributed by atoms with E-state index in [-0.39, 0.29) is 0 Å². The Morgan fingerprint density at radius 3 is 2.54 bits per heavy atom. The van der Waals surface area contributed by atoms with E-state index in [0.29, 0.717) is 18.1 Å².